The standard InChI is InChI=1S/C11H15NOS/c1-8(2)14-11-6-4-10(5-7-11)9(3)12-13/h4-8,13H,1-3H3/b12-9+. The average Bonchev–Trinajstić information content (AvgIpc) is 2.17. The van der Waals surface area contributed by atoms with Crippen molar-refractivity contribution in [3.8, 4) is 0 Å². The Morgan fingerprint density at radius 1 is 1.29 bits per heavy atom. The summed E-state index contributed by atoms with van der Waals surface area (Å²) >= 11 is 1.82. The molecule has 3 heteroatoms. The average molecular weight is 209 g/mol. The fourth-order valence-corrected chi connectivity index (χ4v) is 1.94. The molecule has 0 fully saturated rings. The van der Waals surface area contributed by atoms with Crippen LogP contribution in [0.1, 0.15) is 26.3 Å². The summed E-state index contributed by atoms with van der Waals surface area (Å²) in [6, 6.07) is 8.04. The summed E-state index contributed by atoms with van der Waals surface area (Å²) in [5.41, 5.74) is 1.60. The number of hydrogen-bond donors (Lipinski definition) is 1. The summed E-state index contributed by atoms with van der Waals surface area (Å²) in [5.74, 6) is 0. The van der Waals surface area contributed by atoms with Crippen molar-refractivity contribution in [2.24, 2.45) is 5.16 Å². The van der Waals surface area contributed by atoms with E-state index >= 15 is 0 Å². The second-order valence-electron chi connectivity index (χ2n) is 3.38. The molecule has 1 rings (SSSR count). The molecular formula is C11H15NOS. The zero-order valence-corrected chi connectivity index (χ0v) is 9.51. The molecule has 1 N–H and O–H groups in total. The van der Waals surface area contributed by atoms with Gasteiger partial charge in [0.15, 0.2) is 0 Å². The Labute approximate surface area is 89.0 Å². The first-order valence-electron chi connectivity index (χ1n) is 4.59. The molecule has 2 nitrogen and oxygen atoms in total. The molecule has 14 heavy (non-hydrogen) atoms. The van der Waals surface area contributed by atoms with Crippen molar-refractivity contribution in [2.75, 3.05) is 0 Å². The van der Waals surface area contributed by atoms with E-state index in [1.165, 1.54) is 4.90 Å². The van der Waals surface area contributed by atoms with Crippen molar-refractivity contribution in [3.05, 3.63) is 29.8 Å². The predicted molar refractivity (Wildman–Crippen MR) is 61.4 cm³/mol. The highest BCUT2D eigenvalue weighted by molar-refractivity contribution is 7.99. The maximum absolute atomic E-state index is 8.59. The van der Waals surface area contributed by atoms with Crippen molar-refractivity contribution in [3.63, 3.8) is 0 Å². The third kappa shape index (κ3) is 3.07. The van der Waals surface area contributed by atoms with E-state index in [0.717, 1.165) is 5.56 Å². The van der Waals surface area contributed by atoms with Crippen LogP contribution in [0.25, 0.3) is 0 Å². The molecule has 0 amide bonds. The van der Waals surface area contributed by atoms with E-state index in [4.69, 9.17) is 5.21 Å². The summed E-state index contributed by atoms with van der Waals surface area (Å²) in [6.07, 6.45) is 0. The maximum Gasteiger partial charge on any atom is 0.0836 e. The monoisotopic (exact) mass is 209 g/mol. The quantitative estimate of drug-likeness (QED) is 0.358. The van der Waals surface area contributed by atoms with E-state index in [-0.39, 0.29) is 0 Å². The number of nitrogens with zero attached hydrogens (tertiary/aromatic N) is 1. The van der Waals surface area contributed by atoms with Crippen LogP contribution in [0.5, 0.6) is 0 Å². The molecule has 0 bridgehead atoms. The van der Waals surface area contributed by atoms with Gasteiger partial charge in [-0.05, 0) is 24.6 Å². The van der Waals surface area contributed by atoms with Gasteiger partial charge in [-0.1, -0.05) is 31.1 Å². The Hall–Kier alpha value is -0.960. The van der Waals surface area contributed by atoms with Crippen LogP contribution >= 0.6 is 11.8 Å². The minimum absolute atomic E-state index is 0.591. The normalized spacial score (nSPS) is 12.1. The van der Waals surface area contributed by atoms with E-state index in [2.05, 4.69) is 31.1 Å². The van der Waals surface area contributed by atoms with Crippen LogP contribution in [-0.2, 0) is 0 Å². The molecule has 1 aromatic rings. The summed E-state index contributed by atoms with van der Waals surface area (Å²) < 4.78 is 0. The van der Waals surface area contributed by atoms with Crippen molar-refractivity contribution in [1.82, 2.24) is 0 Å². The second-order valence-corrected chi connectivity index (χ2v) is 5.03. The summed E-state index contributed by atoms with van der Waals surface area (Å²) in [4.78, 5) is 1.24. The number of hydrogen-bond acceptors (Lipinski definition) is 3. The second kappa shape index (κ2) is 5.05. The number of benzene rings is 1. The van der Waals surface area contributed by atoms with Gasteiger partial charge in [0.2, 0.25) is 0 Å². The lowest BCUT2D eigenvalue weighted by Crippen LogP contribution is -1.94. The molecular weight excluding hydrogens is 194 g/mol. The molecule has 0 aliphatic carbocycles. The van der Waals surface area contributed by atoms with Crippen molar-refractivity contribution in [2.45, 2.75) is 30.9 Å². The van der Waals surface area contributed by atoms with E-state index in [9.17, 15) is 0 Å². The van der Waals surface area contributed by atoms with E-state index in [1.54, 1.807) is 6.92 Å². The van der Waals surface area contributed by atoms with Gasteiger partial charge in [-0.3, -0.25) is 0 Å². The highest BCUT2D eigenvalue weighted by Gasteiger charge is 2.00. The van der Waals surface area contributed by atoms with Crippen LogP contribution in [-0.4, -0.2) is 16.2 Å². The van der Waals surface area contributed by atoms with E-state index in [0.29, 0.717) is 11.0 Å². The third-order valence-electron chi connectivity index (χ3n) is 1.79. The lowest BCUT2D eigenvalue weighted by molar-refractivity contribution is 0.319. The van der Waals surface area contributed by atoms with Gasteiger partial charge in [-0.15, -0.1) is 11.8 Å². The number of rotatable bonds is 3. The Kier molecular flexibility index (Phi) is 4.01. The first-order valence-corrected chi connectivity index (χ1v) is 5.47. The van der Waals surface area contributed by atoms with Gasteiger partial charge in [-0.2, -0.15) is 0 Å². The molecule has 0 heterocycles. The van der Waals surface area contributed by atoms with Crippen molar-refractivity contribution in [1.29, 1.82) is 0 Å². The molecule has 0 aliphatic rings. The fraction of sp³-hybridized carbons (Fsp3) is 0.364. The van der Waals surface area contributed by atoms with Crippen LogP contribution in [0.2, 0.25) is 0 Å². The molecule has 0 atom stereocenters. The number of thioether (sulfide) groups is 1. The highest BCUT2D eigenvalue weighted by atomic mass is 32.2. The smallest absolute Gasteiger partial charge is 0.0836 e. The summed E-state index contributed by atoms with van der Waals surface area (Å²) in [7, 11) is 0. The lowest BCUT2D eigenvalue weighted by atomic mass is 10.1. The largest absolute Gasteiger partial charge is 0.411 e. The van der Waals surface area contributed by atoms with Gasteiger partial charge >= 0.3 is 0 Å². The molecule has 0 radical (unpaired) electrons. The minimum atomic E-state index is 0.591. The van der Waals surface area contributed by atoms with Gasteiger partial charge in [0.05, 0.1) is 5.71 Å². The topological polar surface area (TPSA) is 32.6 Å². The first kappa shape index (κ1) is 11.1. The number of oxime groups is 1. The molecule has 76 valence electrons. The molecule has 0 unspecified atom stereocenters. The van der Waals surface area contributed by atoms with Gasteiger partial charge in [0, 0.05) is 10.1 Å². The van der Waals surface area contributed by atoms with Gasteiger partial charge in [0.1, 0.15) is 0 Å². The Morgan fingerprint density at radius 2 is 1.86 bits per heavy atom. The minimum Gasteiger partial charge on any atom is -0.411 e. The fourth-order valence-electron chi connectivity index (χ4n) is 1.10. The Balaban J connectivity index is 2.78. The third-order valence-corrected chi connectivity index (χ3v) is 2.81. The van der Waals surface area contributed by atoms with Crippen LogP contribution in [0.15, 0.2) is 34.3 Å². The Bertz CT molecular complexity index is 317. The highest BCUT2D eigenvalue weighted by Crippen LogP contribution is 2.22. The summed E-state index contributed by atoms with van der Waals surface area (Å²) in [6.45, 7) is 6.11. The molecule has 0 saturated carbocycles. The first-order chi connectivity index (χ1) is 6.63. The van der Waals surface area contributed by atoms with Gasteiger partial charge in [0.25, 0.3) is 0 Å². The SMILES string of the molecule is C/C(=N\O)c1ccc(SC(C)C)cc1. The van der Waals surface area contributed by atoms with Gasteiger partial charge < -0.3 is 5.21 Å². The van der Waals surface area contributed by atoms with Crippen LogP contribution < -0.4 is 0 Å². The molecule has 1 aromatic carbocycles. The van der Waals surface area contributed by atoms with E-state index < -0.39 is 0 Å². The zero-order valence-electron chi connectivity index (χ0n) is 8.69. The van der Waals surface area contributed by atoms with Crippen LogP contribution in [0.3, 0.4) is 0 Å². The lowest BCUT2D eigenvalue weighted by Gasteiger charge is -2.05. The van der Waals surface area contributed by atoms with Crippen LogP contribution in [0.4, 0.5) is 0 Å². The molecule has 0 aromatic heterocycles. The maximum atomic E-state index is 8.59. The molecule has 0 spiro atoms. The van der Waals surface area contributed by atoms with Crippen LogP contribution in [0, 0.1) is 0 Å². The molecule has 0 aliphatic heterocycles. The van der Waals surface area contributed by atoms with Crippen molar-refractivity contribution >= 4 is 17.5 Å². The Morgan fingerprint density at radius 3 is 2.29 bits per heavy atom. The zero-order chi connectivity index (χ0) is 10.6. The predicted octanol–water partition coefficient (Wildman–Crippen LogP) is 3.39. The molecule has 0 saturated heterocycles. The summed E-state index contributed by atoms with van der Waals surface area (Å²) in [5, 5.41) is 12.3. The van der Waals surface area contributed by atoms with Gasteiger partial charge in [-0.25, -0.2) is 0 Å². The van der Waals surface area contributed by atoms with Crippen molar-refractivity contribution < 1.29 is 5.21 Å². The van der Waals surface area contributed by atoms with E-state index in [1.807, 2.05) is 23.9 Å².